The topological polar surface area (TPSA) is 86.2 Å². The molecule has 0 aliphatic rings. The maximum atomic E-state index is 10.9. The van der Waals surface area contributed by atoms with Gasteiger partial charge < -0.3 is 25.1 Å². The Hall–Kier alpha value is -1.75. The quantitative estimate of drug-likeness (QED) is 0.726. The molecule has 94 valence electrons. The van der Waals surface area contributed by atoms with Gasteiger partial charge in [-0.2, -0.15) is 0 Å². The van der Waals surface area contributed by atoms with Gasteiger partial charge in [0.05, 0.1) is 19.3 Å². The first-order valence-electron chi connectivity index (χ1n) is 5.45. The Morgan fingerprint density at radius 2 is 2.24 bits per heavy atom. The van der Waals surface area contributed by atoms with Gasteiger partial charge in [-0.15, -0.1) is 0 Å². The molecule has 17 heavy (non-hydrogen) atoms. The van der Waals surface area contributed by atoms with Crippen LogP contribution in [0.3, 0.4) is 0 Å². The fourth-order valence-electron chi connectivity index (χ4n) is 1.45. The molecule has 0 unspecified atom stereocenters. The molecule has 0 radical (unpaired) electrons. The van der Waals surface area contributed by atoms with Crippen molar-refractivity contribution in [2.75, 3.05) is 13.7 Å². The fraction of sp³-hybridized carbons (Fsp3) is 0.417. The minimum absolute atomic E-state index is 0.432. The van der Waals surface area contributed by atoms with E-state index >= 15 is 0 Å². The van der Waals surface area contributed by atoms with E-state index in [-0.39, 0.29) is 0 Å². The van der Waals surface area contributed by atoms with Crippen molar-refractivity contribution in [3.8, 4) is 11.5 Å². The van der Waals surface area contributed by atoms with Gasteiger partial charge in [-0.05, 0) is 18.6 Å². The normalized spacial score (nSPS) is 11.9. The van der Waals surface area contributed by atoms with Crippen LogP contribution in [0.2, 0.25) is 0 Å². The van der Waals surface area contributed by atoms with Crippen LogP contribution in [0, 0.1) is 0 Å². The monoisotopic (exact) mass is 239 g/mol. The number of hydrogen-bond acceptors (Lipinski definition) is 4. The predicted octanol–water partition coefficient (Wildman–Crippen LogP) is -0.483. The molecule has 1 aromatic rings. The van der Waals surface area contributed by atoms with E-state index in [0.29, 0.717) is 23.7 Å². The van der Waals surface area contributed by atoms with Crippen LogP contribution in [0.4, 0.5) is 0 Å². The molecule has 0 spiro atoms. The van der Waals surface area contributed by atoms with Crippen molar-refractivity contribution in [3.05, 3.63) is 23.8 Å². The number of carboxylic acids is 1. The van der Waals surface area contributed by atoms with Gasteiger partial charge in [0.1, 0.15) is 5.97 Å². The Bertz CT molecular complexity index is 392. The molecule has 0 aliphatic carbocycles. The second kappa shape index (κ2) is 6.10. The van der Waals surface area contributed by atoms with E-state index in [0.717, 1.165) is 6.42 Å². The lowest BCUT2D eigenvalue weighted by Crippen LogP contribution is -2.61. The first kappa shape index (κ1) is 13.3. The second-order valence-corrected chi connectivity index (χ2v) is 3.60. The molecule has 0 saturated carbocycles. The van der Waals surface area contributed by atoms with E-state index < -0.39 is 12.0 Å². The first-order valence-corrected chi connectivity index (χ1v) is 5.45. The second-order valence-electron chi connectivity index (χ2n) is 3.60. The summed E-state index contributed by atoms with van der Waals surface area (Å²) in [5.41, 5.74) is 4.02. The number of carbonyl (C=O) groups is 1. The molecule has 0 heterocycles. The van der Waals surface area contributed by atoms with E-state index in [1.807, 2.05) is 6.92 Å². The van der Waals surface area contributed by atoms with Crippen LogP contribution in [0.1, 0.15) is 24.9 Å². The summed E-state index contributed by atoms with van der Waals surface area (Å²) in [7, 11) is 1.51. The summed E-state index contributed by atoms with van der Waals surface area (Å²) in [6.07, 6.45) is 0.824. The Morgan fingerprint density at radius 3 is 2.76 bits per heavy atom. The maximum Gasteiger partial charge on any atom is 0.170 e. The van der Waals surface area contributed by atoms with Gasteiger partial charge in [0.25, 0.3) is 0 Å². The highest BCUT2D eigenvalue weighted by atomic mass is 16.5. The zero-order chi connectivity index (χ0) is 12.8. The summed E-state index contributed by atoms with van der Waals surface area (Å²) in [5.74, 6) is -0.300. The summed E-state index contributed by atoms with van der Waals surface area (Å²) >= 11 is 0. The fourth-order valence-corrected chi connectivity index (χ4v) is 1.45. The maximum absolute atomic E-state index is 10.9. The number of carbonyl (C=O) groups excluding carboxylic acids is 1. The Labute approximate surface area is 100 Å². The lowest BCUT2D eigenvalue weighted by Gasteiger charge is -2.17. The number of rotatable bonds is 6. The number of quaternary nitrogens is 1. The standard InChI is InChI=1S/C12H17NO4/c1-3-7-17-11-8(10(13)12(14)15)5-4-6-9(11)16-2/h4-6,10H,3,7,13H2,1-2H3,(H,14,15)/t10-/m0/s1. The molecule has 1 aromatic carbocycles. The molecule has 5 nitrogen and oxygen atoms in total. The molecule has 0 amide bonds. The van der Waals surface area contributed by atoms with Gasteiger partial charge in [-0.3, -0.25) is 0 Å². The lowest BCUT2D eigenvalue weighted by molar-refractivity contribution is -0.443. The van der Waals surface area contributed by atoms with Crippen LogP contribution in [0.15, 0.2) is 18.2 Å². The highest BCUT2D eigenvalue weighted by molar-refractivity contribution is 5.73. The Balaban J connectivity index is 3.13. The van der Waals surface area contributed by atoms with Gasteiger partial charge in [0.15, 0.2) is 17.5 Å². The smallest absolute Gasteiger partial charge is 0.170 e. The van der Waals surface area contributed by atoms with Crippen LogP contribution in [0.5, 0.6) is 11.5 Å². The number of ether oxygens (including phenoxy) is 2. The number of carboxylic acid groups (broad SMARTS) is 1. The van der Waals surface area contributed by atoms with E-state index in [1.165, 1.54) is 7.11 Å². The first-order chi connectivity index (χ1) is 8.11. The summed E-state index contributed by atoms with van der Waals surface area (Å²) in [5, 5.41) is 10.9. The molecule has 0 saturated heterocycles. The van der Waals surface area contributed by atoms with Crippen molar-refractivity contribution >= 4 is 5.97 Å². The van der Waals surface area contributed by atoms with Crippen molar-refractivity contribution in [3.63, 3.8) is 0 Å². The average molecular weight is 239 g/mol. The van der Waals surface area contributed by atoms with Crippen molar-refractivity contribution in [1.29, 1.82) is 0 Å². The number of para-hydroxylation sites is 1. The van der Waals surface area contributed by atoms with Crippen LogP contribution in [-0.2, 0) is 4.79 Å². The molecule has 3 N–H and O–H groups in total. The molecular formula is C12H17NO4. The van der Waals surface area contributed by atoms with Crippen molar-refractivity contribution < 1.29 is 25.1 Å². The van der Waals surface area contributed by atoms with Gasteiger partial charge >= 0.3 is 0 Å². The van der Waals surface area contributed by atoms with Crippen molar-refractivity contribution in [2.24, 2.45) is 0 Å². The molecular weight excluding hydrogens is 222 g/mol. The van der Waals surface area contributed by atoms with Crippen molar-refractivity contribution in [1.82, 2.24) is 0 Å². The zero-order valence-electron chi connectivity index (χ0n) is 10.1. The third-order valence-electron chi connectivity index (χ3n) is 2.34. The van der Waals surface area contributed by atoms with Gasteiger partial charge in [-0.1, -0.05) is 13.0 Å². The number of aliphatic carboxylic acids is 1. The van der Waals surface area contributed by atoms with Crippen LogP contribution < -0.4 is 20.3 Å². The van der Waals surface area contributed by atoms with Crippen LogP contribution in [-0.4, -0.2) is 19.7 Å². The van der Waals surface area contributed by atoms with Crippen LogP contribution >= 0.6 is 0 Å². The van der Waals surface area contributed by atoms with E-state index in [4.69, 9.17) is 9.47 Å². The van der Waals surface area contributed by atoms with Gasteiger partial charge in [0, 0.05) is 0 Å². The molecule has 1 rings (SSSR count). The highest BCUT2D eigenvalue weighted by Gasteiger charge is 2.19. The van der Waals surface area contributed by atoms with E-state index in [9.17, 15) is 9.90 Å². The van der Waals surface area contributed by atoms with Gasteiger partial charge in [-0.25, -0.2) is 0 Å². The summed E-state index contributed by atoms with van der Waals surface area (Å²) in [6.45, 7) is 2.46. The van der Waals surface area contributed by atoms with E-state index in [1.54, 1.807) is 18.2 Å². The third-order valence-corrected chi connectivity index (χ3v) is 2.34. The Morgan fingerprint density at radius 1 is 1.53 bits per heavy atom. The third kappa shape index (κ3) is 3.10. The number of methoxy groups -OCH3 is 1. The SMILES string of the molecule is CCCOc1c(OC)cccc1[C@H]([NH3+])C(=O)[O-]. The molecule has 0 aromatic heterocycles. The Kier molecular flexibility index (Phi) is 4.78. The molecule has 0 aliphatic heterocycles. The summed E-state index contributed by atoms with van der Waals surface area (Å²) in [4.78, 5) is 10.9. The van der Waals surface area contributed by atoms with Gasteiger partial charge in [0.2, 0.25) is 0 Å². The minimum Gasteiger partial charge on any atom is -0.544 e. The number of hydrogen-bond donors (Lipinski definition) is 1. The largest absolute Gasteiger partial charge is 0.544 e. The minimum atomic E-state index is -1.24. The molecule has 0 fully saturated rings. The lowest BCUT2D eigenvalue weighted by atomic mass is 10.1. The zero-order valence-corrected chi connectivity index (χ0v) is 10.1. The van der Waals surface area contributed by atoms with Crippen molar-refractivity contribution in [2.45, 2.75) is 19.4 Å². The molecule has 1 atom stereocenters. The summed E-state index contributed by atoms with van der Waals surface area (Å²) < 4.78 is 10.7. The summed E-state index contributed by atoms with van der Waals surface area (Å²) in [6, 6.07) is 4.10. The molecule has 0 bridgehead atoms. The molecule has 5 heteroatoms. The van der Waals surface area contributed by atoms with Crippen LogP contribution in [0.25, 0.3) is 0 Å². The predicted molar refractivity (Wildman–Crippen MR) is 59.4 cm³/mol. The highest BCUT2D eigenvalue weighted by Crippen LogP contribution is 2.33. The van der Waals surface area contributed by atoms with E-state index in [2.05, 4.69) is 5.73 Å². The number of benzene rings is 1. The average Bonchev–Trinajstić information content (AvgIpc) is 2.34.